The van der Waals surface area contributed by atoms with E-state index in [-0.39, 0.29) is 0 Å². The molecule has 6 heteroatoms. The van der Waals surface area contributed by atoms with Gasteiger partial charge in [0.2, 0.25) is 0 Å². The summed E-state index contributed by atoms with van der Waals surface area (Å²) in [4.78, 5) is 4.31. The van der Waals surface area contributed by atoms with Crippen LogP contribution in [0.1, 0.15) is 43.5 Å². The lowest BCUT2D eigenvalue weighted by atomic mass is 10.4. The van der Waals surface area contributed by atoms with Gasteiger partial charge in [-0.1, -0.05) is 11.6 Å². The highest BCUT2D eigenvalue weighted by atomic mass is 35.5. The molecule has 4 nitrogen and oxygen atoms in total. The molecule has 0 amide bonds. The molecule has 98 valence electrons. The fraction of sp³-hybridized carbons (Fsp3) is 0.462. The van der Waals surface area contributed by atoms with Crippen LogP contribution in [-0.2, 0) is 0 Å². The molecule has 2 heterocycles. The van der Waals surface area contributed by atoms with Gasteiger partial charge in [-0.25, -0.2) is 4.98 Å². The van der Waals surface area contributed by atoms with Gasteiger partial charge in [0.25, 0.3) is 0 Å². The quantitative estimate of drug-likeness (QED) is 0.862. The molecule has 19 heavy (non-hydrogen) atoms. The summed E-state index contributed by atoms with van der Waals surface area (Å²) in [5, 5.41) is 11.3. The molecule has 2 aromatic heterocycles. The van der Waals surface area contributed by atoms with Crippen molar-refractivity contribution in [1.29, 1.82) is 0 Å². The summed E-state index contributed by atoms with van der Waals surface area (Å²) < 4.78 is 2.33. The molecule has 2 fully saturated rings. The molecule has 4 rings (SSSR count). The van der Waals surface area contributed by atoms with E-state index in [2.05, 4.69) is 19.7 Å². The number of nitrogens with zero attached hydrogens (tertiary/aromatic N) is 4. The minimum Gasteiger partial charge on any atom is -0.302 e. The van der Waals surface area contributed by atoms with E-state index in [9.17, 15) is 0 Å². The second-order valence-electron chi connectivity index (χ2n) is 5.13. The smallest absolute Gasteiger partial charge is 0.197 e. The summed E-state index contributed by atoms with van der Waals surface area (Å²) in [5.74, 6) is 1.82. The first-order valence-corrected chi connectivity index (χ1v) is 7.75. The highest BCUT2D eigenvalue weighted by molar-refractivity contribution is 7.99. The van der Waals surface area contributed by atoms with Gasteiger partial charge in [0.1, 0.15) is 10.9 Å². The Kier molecular flexibility index (Phi) is 2.77. The molecule has 0 aromatic carbocycles. The Hall–Kier alpha value is -1.07. The SMILES string of the molecule is Clc1ccc(Sc2nnc(C3CC3)n2C2CC2)nc1. The Morgan fingerprint density at radius 1 is 1.16 bits per heavy atom. The zero-order valence-corrected chi connectivity index (χ0v) is 11.9. The first-order valence-electron chi connectivity index (χ1n) is 6.55. The van der Waals surface area contributed by atoms with Gasteiger partial charge >= 0.3 is 0 Å². The van der Waals surface area contributed by atoms with Crippen molar-refractivity contribution in [2.75, 3.05) is 0 Å². The molecule has 2 aliphatic rings. The number of halogens is 1. The minimum absolute atomic E-state index is 0.611. The van der Waals surface area contributed by atoms with Crippen LogP contribution in [0.2, 0.25) is 5.02 Å². The Morgan fingerprint density at radius 3 is 2.63 bits per heavy atom. The summed E-state index contributed by atoms with van der Waals surface area (Å²) >= 11 is 7.43. The van der Waals surface area contributed by atoms with E-state index in [0.29, 0.717) is 17.0 Å². The fourth-order valence-corrected chi connectivity index (χ4v) is 3.13. The zero-order valence-electron chi connectivity index (χ0n) is 10.3. The van der Waals surface area contributed by atoms with E-state index in [1.807, 2.05) is 12.1 Å². The van der Waals surface area contributed by atoms with Gasteiger partial charge in [-0.05, 0) is 49.6 Å². The Balaban J connectivity index is 1.65. The van der Waals surface area contributed by atoms with Crippen molar-refractivity contribution in [2.24, 2.45) is 0 Å². The lowest BCUT2D eigenvalue weighted by Crippen LogP contribution is -2.01. The maximum absolute atomic E-state index is 5.86. The maximum atomic E-state index is 5.86. The van der Waals surface area contributed by atoms with E-state index in [0.717, 1.165) is 10.2 Å². The Morgan fingerprint density at radius 2 is 2.00 bits per heavy atom. The third-order valence-corrected chi connectivity index (χ3v) is 4.58. The second-order valence-corrected chi connectivity index (χ2v) is 6.56. The molecule has 0 radical (unpaired) electrons. The fourth-order valence-electron chi connectivity index (χ4n) is 2.17. The number of aromatic nitrogens is 4. The second kappa shape index (κ2) is 4.49. The number of hydrogen-bond acceptors (Lipinski definition) is 4. The van der Waals surface area contributed by atoms with E-state index < -0.39 is 0 Å². The Labute approximate surface area is 120 Å². The van der Waals surface area contributed by atoms with Crippen molar-refractivity contribution >= 4 is 23.4 Å². The summed E-state index contributed by atoms with van der Waals surface area (Å²) in [6.45, 7) is 0. The monoisotopic (exact) mass is 292 g/mol. The molecule has 0 aliphatic heterocycles. The summed E-state index contributed by atoms with van der Waals surface area (Å²) in [5.41, 5.74) is 0. The lowest BCUT2D eigenvalue weighted by molar-refractivity contribution is 0.626. The van der Waals surface area contributed by atoms with Crippen molar-refractivity contribution < 1.29 is 0 Å². The topological polar surface area (TPSA) is 43.6 Å². The third-order valence-electron chi connectivity index (χ3n) is 3.44. The van der Waals surface area contributed by atoms with Gasteiger partial charge in [-0.15, -0.1) is 10.2 Å². The molecule has 0 atom stereocenters. The lowest BCUT2D eigenvalue weighted by Gasteiger charge is -2.07. The third kappa shape index (κ3) is 2.37. The molecule has 0 N–H and O–H groups in total. The van der Waals surface area contributed by atoms with Crippen molar-refractivity contribution in [3.05, 3.63) is 29.2 Å². The highest BCUT2D eigenvalue weighted by Crippen LogP contribution is 2.46. The molecule has 2 saturated carbocycles. The van der Waals surface area contributed by atoms with Crippen LogP contribution in [0.15, 0.2) is 28.5 Å². The average molecular weight is 293 g/mol. The van der Waals surface area contributed by atoms with Gasteiger partial charge in [-0.2, -0.15) is 0 Å². The first-order chi connectivity index (χ1) is 9.31. The number of pyridine rings is 1. The van der Waals surface area contributed by atoms with Gasteiger partial charge in [0.15, 0.2) is 5.16 Å². The van der Waals surface area contributed by atoms with Gasteiger partial charge < -0.3 is 4.57 Å². The van der Waals surface area contributed by atoms with E-state index in [1.54, 1.807) is 18.0 Å². The van der Waals surface area contributed by atoms with Crippen molar-refractivity contribution in [3.8, 4) is 0 Å². The largest absolute Gasteiger partial charge is 0.302 e. The van der Waals surface area contributed by atoms with Gasteiger partial charge in [0, 0.05) is 18.2 Å². The van der Waals surface area contributed by atoms with Crippen LogP contribution in [0.4, 0.5) is 0 Å². The molecule has 2 aromatic rings. The van der Waals surface area contributed by atoms with E-state index in [4.69, 9.17) is 11.6 Å². The van der Waals surface area contributed by atoms with Crippen molar-refractivity contribution in [3.63, 3.8) is 0 Å². The van der Waals surface area contributed by atoms with Gasteiger partial charge in [-0.3, -0.25) is 0 Å². The molecule has 2 aliphatic carbocycles. The number of hydrogen-bond donors (Lipinski definition) is 0. The molecule has 0 spiro atoms. The predicted octanol–water partition coefficient (Wildman–Crippen LogP) is 3.69. The molecule has 0 bridgehead atoms. The summed E-state index contributed by atoms with van der Waals surface area (Å²) in [6.07, 6.45) is 6.69. The predicted molar refractivity (Wildman–Crippen MR) is 73.6 cm³/mol. The van der Waals surface area contributed by atoms with Gasteiger partial charge in [0.05, 0.1) is 5.02 Å². The zero-order chi connectivity index (χ0) is 12.8. The van der Waals surface area contributed by atoms with Crippen LogP contribution in [0.25, 0.3) is 0 Å². The molecular formula is C13H13ClN4S. The summed E-state index contributed by atoms with van der Waals surface area (Å²) in [7, 11) is 0. The van der Waals surface area contributed by atoms with Crippen molar-refractivity contribution in [2.45, 2.75) is 47.8 Å². The van der Waals surface area contributed by atoms with Crippen LogP contribution in [0.5, 0.6) is 0 Å². The van der Waals surface area contributed by atoms with Crippen LogP contribution in [0.3, 0.4) is 0 Å². The van der Waals surface area contributed by atoms with Crippen LogP contribution in [-0.4, -0.2) is 19.7 Å². The van der Waals surface area contributed by atoms with Crippen LogP contribution < -0.4 is 0 Å². The average Bonchev–Trinajstić information content (AvgIpc) is 3.32. The normalized spacial score (nSPS) is 18.8. The summed E-state index contributed by atoms with van der Waals surface area (Å²) in [6, 6.07) is 4.40. The van der Waals surface area contributed by atoms with Crippen LogP contribution >= 0.6 is 23.4 Å². The molecular weight excluding hydrogens is 280 g/mol. The molecule has 0 saturated heterocycles. The van der Waals surface area contributed by atoms with Crippen LogP contribution in [0, 0.1) is 0 Å². The van der Waals surface area contributed by atoms with E-state index >= 15 is 0 Å². The standard InChI is InChI=1S/C13H13ClN4S/c14-9-3-6-11(15-7-9)19-13-17-16-12(8-1-2-8)18(13)10-4-5-10/h3,6-8,10H,1-2,4-5H2. The minimum atomic E-state index is 0.611. The highest BCUT2D eigenvalue weighted by Gasteiger charge is 2.36. The number of rotatable bonds is 4. The molecule has 0 unspecified atom stereocenters. The Bertz CT molecular complexity index is 602. The maximum Gasteiger partial charge on any atom is 0.197 e. The first kappa shape index (κ1) is 11.7. The van der Waals surface area contributed by atoms with Crippen molar-refractivity contribution in [1.82, 2.24) is 19.7 Å². The van der Waals surface area contributed by atoms with E-state index in [1.165, 1.54) is 31.5 Å².